The first-order chi connectivity index (χ1) is 11.7. The minimum atomic E-state index is -0.225. The van der Waals surface area contributed by atoms with Gasteiger partial charge >= 0.3 is 0 Å². The van der Waals surface area contributed by atoms with Crippen molar-refractivity contribution in [2.75, 3.05) is 13.1 Å². The largest absolute Gasteiger partial charge is 0.335 e. The van der Waals surface area contributed by atoms with Crippen molar-refractivity contribution in [2.24, 2.45) is 0 Å². The summed E-state index contributed by atoms with van der Waals surface area (Å²) in [7, 11) is 0. The molecule has 6 nitrogen and oxygen atoms in total. The van der Waals surface area contributed by atoms with E-state index in [4.69, 9.17) is 0 Å². The van der Waals surface area contributed by atoms with Crippen LogP contribution in [0.15, 0.2) is 53.6 Å². The number of likely N-dealkylation sites (tertiary alicyclic amines) is 1. The fourth-order valence-corrected chi connectivity index (χ4v) is 3.35. The maximum absolute atomic E-state index is 12.8. The lowest BCUT2D eigenvalue weighted by Crippen LogP contribution is -2.41. The average Bonchev–Trinajstić information content (AvgIpc) is 3.16. The molecule has 1 N–H and O–H groups in total. The molecular weight excluding hydrogens is 304 g/mol. The number of fused-ring (bicyclic) bond motifs is 1. The first-order valence-electron chi connectivity index (χ1n) is 8.13. The monoisotopic (exact) mass is 322 g/mol. The molecule has 1 aromatic carbocycles. The standard InChI is InChI=1S/C18H18N4O2/c23-17-15-7-2-1-5-13(15)11-16(20-17)18(24)21-9-3-6-14(12-21)22-10-4-8-19-22/h1-2,4-5,7-8,10-11,14H,3,6,9,12H2,(H,20,23)/t14-/m0/s1. The van der Waals surface area contributed by atoms with Gasteiger partial charge in [0.15, 0.2) is 0 Å². The van der Waals surface area contributed by atoms with E-state index in [-0.39, 0.29) is 17.5 Å². The van der Waals surface area contributed by atoms with Crippen molar-refractivity contribution in [3.8, 4) is 0 Å². The van der Waals surface area contributed by atoms with Crippen LogP contribution in [-0.4, -0.2) is 38.7 Å². The zero-order valence-corrected chi connectivity index (χ0v) is 13.2. The number of aromatic nitrogens is 3. The third-order valence-corrected chi connectivity index (χ3v) is 4.57. The highest BCUT2D eigenvalue weighted by molar-refractivity contribution is 5.96. The lowest BCUT2D eigenvalue weighted by atomic mass is 10.0. The number of benzene rings is 1. The van der Waals surface area contributed by atoms with E-state index >= 15 is 0 Å². The highest BCUT2D eigenvalue weighted by atomic mass is 16.2. The Morgan fingerprint density at radius 1 is 1.25 bits per heavy atom. The van der Waals surface area contributed by atoms with Gasteiger partial charge < -0.3 is 9.88 Å². The smallest absolute Gasteiger partial charge is 0.270 e. The number of rotatable bonds is 2. The quantitative estimate of drug-likeness (QED) is 0.786. The van der Waals surface area contributed by atoms with Crippen LogP contribution in [0.3, 0.4) is 0 Å². The summed E-state index contributed by atoms with van der Waals surface area (Å²) in [5, 5.41) is 5.66. The molecule has 0 radical (unpaired) electrons. The van der Waals surface area contributed by atoms with Gasteiger partial charge in [-0.1, -0.05) is 18.2 Å². The zero-order valence-electron chi connectivity index (χ0n) is 13.2. The maximum atomic E-state index is 12.8. The molecule has 1 aliphatic rings. The molecule has 2 aromatic heterocycles. The normalized spacial score (nSPS) is 18.0. The van der Waals surface area contributed by atoms with Crippen LogP contribution in [0.5, 0.6) is 0 Å². The van der Waals surface area contributed by atoms with Gasteiger partial charge in [0, 0.05) is 30.9 Å². The van der Waals surface area contributed by atoms with Crippen molar-refractivity contribution < 1.29 is 4.79 Å². The highest BCUT2D eigenvalue weighted by Gasteiger charge is 2.26. The number of nitrogens with one attached hydrogen (secondary N) is 1. The minimum absolute atomic E-state index is 0.130. The van der Waals surface area contributed by atoms with E-state index in [0.29, 0.717) is 24.2 Å². The second-order valence-electron chi connectivity index (χ2n) is 6.13. The Morgan fingerprint density at radius 2 is 2.12 bits per heavy atom. The first-order valence-corrected chi connectivity index (χ1v) is 8.13. The molecule has 0 spiro atoms. The Morgan fingerprint density at radius 3 is 2.96 bits per heavy atom. The van der Waals surface area contributed by atoms with E-state index in [9.17, 15) is 9.59 Å². The Kier molecular flexibility index (Phi) is 3.65. The summed E-state index contributed by atoms with van der Waals surface area (Å²) in [4.78, 5) is 29.6. The predicted octanol–water partition coefficient (Wildman–Crippen LogP) is 2.20. The number of H-pyrrole nitrogens is 1. The number of carbonyl (C=O) groups is 1. The average molecular weight is 322 g/mol. The second-order valence-corrected chi connectivity index (χ2v) is 6.13. The molecule has 1 fully saturated rings. The maximum Gasteiger partial charge on any atom is 0.270 e. The molecule has 6 heteroatoms. The van der Waals surface area contributed by atoms with Crippen LogP contribution in [0.2, 0.25) is 0 Å². The molecule has 0 aliphatic carbocycles. The second kappa shape index (κ2) is 5.96. The van der Waals surface area contributed by atoms with Gasteiger partial charge in [-0.2, -0.15) is 5.10 Å². The van der Waals surface area contributed by atoms with E-state index < -0.39 is 0 Å². The summed E-state index contributed by atoms with van der Waals surface area (Å²) in [6, 6.07) is 11.1. The van der Waals surface area contributed by atoms with Gasteiger partial charge in [0.2, 0.25) is 0 Å². The third-order valence-electron chi connectivity index (χ3n) is 4.57. The molecule has 122 valence electrons. The molecule has 4 rings (SSSR count). The summed E-state index contributed by atoms with van der Waals surface area (Å²) in [5.41, 5.74) is 0.122. The van der Waals surface area contributed by atoms with E-state index in [1.165, 1.54) is 0 Å². The van der Waals surface area contributed by atoms with E-state index in [1.807, 2.05) is 35.1 Å². The third kappa shape index (κ3) is 2.60. The van der Waals surface area contributed by atoms with Gasteiger partial charge in [0.25, 0.3) is 11.5 Å². The zero-order chi connectivity index (χ0) is 16.5. The molecule has 0 bridgehead atoms. The molecule has 1 atom stereocenters. The van der Waals surface area contributed by atoms with Gasteiger partial charge in [-0.05, 0) is 36.4 Å². The Balaban J connectivity index is 1.62. The highest BCUT2D eigenvalue weighted by Crippen LogP contribution is 2.22. The first kappa shape index (κ1) is 14.7. The van der Waals surface area contributed by atoms with Crippen molar-refractivity contribution in [2.45, 2.75) is 18.9 Å². The van der Waals surface area contributed by atoms with Crippen LogP contribution in [-0.2, 0) is 0 Å². The van der Waals surface area contributed by atoms with Crippen LogP contribution in [0.1, 0.15) is 29.4 Å². The van der Waals surface area contributed by atoms with E-state index in [0.717, 1.165) is 18.2 Å². The van der Waals surface area contributed by atoms with E-state index in [1.54, 1.807) is 23.2 Å². The minimum Gasteiger partial charge on any atom is -0.335 e. The predicted molar refractivity (Wildman–Crippen MR) is 91.0 cm³/mol. The summed E-state index contributed by atoms with van der Waals surface area (Å²) in [6.45, 7) is 1.31. The SMILES string of the molecule is O=C(c1cc2ccccc2c(=O)[nH]1)N1CCC[C@H](n2cccn2)C1. The van der Waals surface area contributed by atoms with Crippen LogP contribution in [0.4, 0.5) is 0 Å². The summed E-state index contributed by atoms with van der Waals surface area (Å²) in [6.07, 6.45) is 5.60. The summed E-state index contributed by atoms with van der Waals surface area (Å²) >= 11 is 0. The van der Waals surface area contributed by atoms with Gasteiger partial charge in [-0.25, -0.2) is 0 Å². The Hall–Kier alpha value is -2.89. The molecule has 3 heterocycles. The summed E-state index contributed by atoms with van der Waals surface area (Å²) < 4.78 is 1.91. The molecule has 24 heavy (non-hydrogen) atoms. The fraction of sp³-hybridized carbons (Fsp3) is 0.278. The number of piperidine rings is 1. The van der Waals surface area contributed by atoms with Crippen molar-refractivity contribution in [1.29, 1.82) is 0 Å². The van der Waals surface area contributed by atoms with Crippen molar-refractivity contribution in [1.82, 2.24) is 19.7 Å². The molecule has 0 unspecified atom stereocenters. The molecule has 1 amide bonds. The van der Waals surface area contributed by atoms with Crippen LogP contribution >= 0.6 is 0 Å². The van der Waals surface area contributed by atoms with Gasteiger partial charge in [-0.3, -0.25) is 14.3 Å². The number of amides is 1. The number of hydrogen-bond donors (Lipinski definition) is 1. The lowest BCUT2D eigenvalue weighted by Gasteiger charge is -2.32. The van der Waals surface area contributed by atoms with Gasteiger partial charge in [0.05, 0.1) is 6.04 Å². The Labute approximate surface area is 138 Å². The van der Waals surface area contributed by atoms with Crippen molar-refractivity contribution in [3.05, 3.63) is 64.8 Å². The van der Waals surface area contributed by atoms with Crippen LogP contribution in [0.25, 0.3) is 10.8 Å². The molecule has 0 saturated carbocycles. The Bertz CT molecular complexity index is 930. The summed E-state index contributed by atoms with van der Waals surface area (Å²) in [5.74, 6) is -0.130. The number of pyridine rings is 1. The number of hydrogen-bond acceptors (Lipinski definition) is 3. The van der Waals surface area contributed by atoms with E-state index in [2.05, 4.69) is 10.1 Å². The van der Waals surface area contributed by atoms with Crippen LogP contribution in [0, 0.1) is 0 Å². The van der Waals surface area contributed by atoms with Crippen molar-refractivity contribution in [3.63, 3.8) is 0 Å². The van der Waals surface area contributed by atoms with Crippen LogP contribution < -0.4 is 5.56 Å². The van der Waals surface area contributed by atoms with Crippen molar-refractivity contribution >= 4 is 16.7 Å². The van der Waals surface area contributed by atoms with Gasteiger partial charge in [0.1, 0.15) is 5.69 Å². The number of carbonyl (C=O) groups excluding carboxylic acids is 1. The topological polar surface area (TPSA) is 71.0 Å². The molecule has 3 aromatic rings. The molecule has 1 saturated heterocycles. The molecule has 1 aliphatic heterocycles. The number of nitrogens with zero attached hydrogens (tertiary/aromatic N) is 3. The number of aromatic amines is 1. The fourth-order valence-electron chi connectivity index (χ4n) is 3.35. The lowest BCUT2D eigenvalue weighted by molar-refractivity contribution is 0.0667. The molecular formula is C18H18N4O2. The van der Waals surface area contributed by atoms with Gasteiger partial charge in [-0.15, -0.1) is 0 Å².